The summed E-state index contributed by atoms with van der Waals surface area (Å²) < 4.78 is 48.8. The number of benzene rings is 1. The predicted octanol–water partition coefficient (Wildman–Crippen LogP) is 0.408. The first-order valence-electron chi connectivity index (χ1n) is 8.17. The zero-order valence-electron chi connectivity index (χ0n) is 15.4. The maximum absolute atomic E-state index is 12.1. The molecule has 1 saturated heterocycles. The molecule has 0 amide bonds. The summed E-state index contributed by atoms with van der Waals surface area (Å²) in [6.07, 6.45) is -4.54. The van der Waals surface area contributed by atoms with Crippen LogP contribution in [0.1, 0.15) is 24.2 Å². The van der Waals surface area contributed by atoms with Crippen LogP contribution in [0.15, 0.2) is 30.3 Å². The molecular formula is C17H20O10S. The third-order valence-electron chi connectivity index (χ3n) is 3.53. The van der Waals surface area contributed by atoms with Crippen molar-refractivity contribution in [3.05, 3.63) is 35.9 Å². The summed E-state index contributed by atoms with van der Waals surface area (Å²) >= 11 is 0. The van der Waals surface area contributed by atoms with Crippen molar-refractivity contribution in [2.75, 3.05) is 12.9 Å². The number of esters is 3. The molecule has 154 valence electrons. The van der Waals surface area contributed by atoms with E-state index in [0.717, 1.165) is 20.1 Å². The smallest absolute Gasteiger partial charge is 0.338 e. The van der Waals surface area contributed by atoms with E-state index in [1.807, 2.05) is 0 Å². The molecule has 28 heavy (non-hydrogen) atoms. The van der Waals surface area contributed by atoms with Crippen LogP contribution in [-0.2, 0) is 42.8 Å². The van der Waals surface area contributed by atoms with Crippen molar-refractivity contribution in [3.8, 4) is 0 Å². The average molecular weight is 416 g/mol. The lowest BCUT2D eigenvalue weighted by Gasteiger charge is -2.22. The molecule has 0 bridgehead atoms. The van der Waals surface area contributed by atoms with Crippen LogP contribution in [0.4, 0.5) is 0 Å². The van der Waals surface area contributed by atoms with Crippen molar-refractivity contribution < 1.29 is 45.9 Å². The second kappa shape index (κ2) is 9.13. The fourth-order valence-electron chi connectivity index (χ4n) is 2.53. The standard InChI is InChI=1S/C17H20O10S/c1-10(18)24-15-14(27-28(3,21)22)13(26-17(15)25-11(2)19)9-23-16(20)12-7-5-4-6-8-12/h4-8,13-15,17H,9H2,1-3H3/t13-,14+,15-,17+/m1/s1. The number of carbonyl (C=O) groups is 3. The van der Waals surface area contributed by atoms with Crippen LogP contribution in [0.25, 0.3) is 0 Å². The lowest BCUT2D eigenvalue weighted by molar-refractivity contribution is -0.195. The molecule has 0 aromatic heterocycles. The Morgan fingerprint density at radius 1 is 1.00 bits per heavy atom. The zero-order valence-corrected chi connectivity index (χ0v) is 16.2. The summed E-state index contributed by atoms with van der Waals surface area (Å²) in [5.74, 6) is -2.20. The van der Waals surface area contributed by atoms with Gasteiger partial charge in [-0.25, -0.2) is 4.79 Å². The molecule has 0 aliphatic carbocycles. The summed E-state index contributed by atoms with van der Waals surface area (Å²) in [4.78, 5) is 34.8. The fourth-order valence-corrected chi connectivity index (χ4v) is 3.17. The first-order chi connectivity index (χ1) is 13.1. The van der Waals surface area contributed by atoms with E-state index in [1.54, 1.807) is 18.2 Å². The highest BCUT2D eigenvalue weighted by Crippen LogP contribution is 2.29. The van der Waals surface area contributed by atoms with Gasteiger partial charge in [0.15, 0.2) is 6.10 Å². The van der Waals surface area contributed by atoms with Gasteiger partial charge in [-0.15, -0.1) is 0 Å². The molecule has 0 N–H and O–H groups in total. The topological polar surface area (TPSA) is 132 Å². The maximum atomic E-state index is 12.1. The van der Waals surface area contributed by atoms with E-state index in [-0.39, 0.29) is 5.56 Å². The van der Waals surface area contributed by atoms with Gasteiger partial charge in [0.1, 0.15) is 18.8 Å². The van der Waals surface area contributed by atoms with Crippen LogP contribution in [0.2, 0.25) is 0 Å². The van der Waals surface area contributed by atoms with Crippen LogP contribution in [0.3, 0.4) is 0 Å². The van der Waals surface area contributed by atoms with Gasteiger partial charge in [-0.2, -0.15) is 8.42 Å². The highest BCUT2D eigenvalue weighted by atomic mass is 32.2. The van der Waals surface area contributed by atoms with Crippen LogP contribution in [-0.4, -0.2) is 63.8 Å². The largest absolute Gasteiger partial charge is 0.459 e. The summed E-state index contributed by atoms with van der Waals surface area (Å²) in [7, 11) is -4.00. The fraction of sp³-hybridized carbons (Fsp3) is 0.471. The minimum Gasteiger partial charge on any atom is -0.459 e. The molecule has 10 nitrogen and oxygen atoms in total. The van der Waals surface area contributed by atoms with Gasteiger partial charge < -0.3 is 18.9 Å². The van der Waals surface area contributed by atoms with Gasteiger partial charge in [-0.1, -0.05) is 18.2 Å². The van der Waals surface area contributed by atoms with Gasteiger partial charge in [-0.05, 0) is 12.1 Å². The van der Waals surface area contributed by atoms with Gasteiger partial charge in [0.05, 0.1) is 11.8 Å². The SMILES string of the molecule is CC(=O)O[C@H]1O[C@H](COC(=O)c2ccccc2)[C@H](OS(C)(=O)=O)[C@H]1OC(C)=O. The van der Waals surface area contributed by atoms with Crippen LogP contribution < -0.4 is 0 Å². The third kappa shape index (κ3) is 6.29. The average Bonchev–Trinajstić information content (AvgIpc) is 2.87. The molecule has 0 saturated carbocycles. The van der Waals surface area contributed by atoms with E-state index in [2.05, 4.69) is 0 Å². The Kier molecular flexibility index (Phi) is 7.11. The summed E-state index contributed by atoms with van der Waals surface area (Å²) in [6.45, 7) is 1.76. The lowest BCUT2D eigenvalue weighted by atomic mass is 10.1. The van der Waals surface area contributed by atoms with E-state index in [9.17, 15) is 22.8 Å². The van der Waals surface area contributed by atoms with Gasteiger partial charge in [-0.3, -0.25) is 13.8 Å². The lowest BCUT2D eigenvalue weighted by Crippen LogP contribution is -2.42. The summed E-state index contributed by atoms with van der Waals surface area (Å²) in [5.41, 5.74) is 0.272. The van der Waals surface area contributed by atoms with Gasteiger partial charge in [0, 0.05) is 13.8 Å². The Balaban J connectivity index is 2.19. The first-order valence-corrected chi connectivity index (χ1v) is 9.99. The van der Waals surface area contributed by atoms with Gasteiger partial charge in [0.25, 0.3) is 10.1 Å². The molecule has 1 aliphatic heterocycles. The first kappa shape index (κ1) is 21.8. The number of hydrogen-bond acceptors (Lipinski definition) is 10. The molecule has 1 aliphatic rings. The molecule has 0 radical (unpaired) electrons. The Morgan fingerprint density at radius 3 is 2.14 bits per heavy atom. The van der Waals surface area contributed by atoms with Crippen molar-refractivity contribution in [2.45, 2.75) is 38.4 Å². The van der Waals surface area contributed by atoms with Crippen molar-refractivity contribution in [2.24, 2.45) is 0 Å². The molecule has 1 aromatic carbocycles. The molecule has 0 unspecified atom stereocenters. The summed E-state index contributed by atoms with van der Waals surface area (Å²) in [5, 5.41) is 0. The second-order valence-corrected chi connectivity index (χ2v) is 7.56. The molecule has 1 aromatic rings. The number of carbonyl (C=O) groups excluding carboxylic acids is 3. The van der Waals surface area contributed by atoms with Gasteiger partial charge >= 0.3 is 17.9 Å². The van der Waals surface area contributed by atoms with Crippen molar-refractivity contribution >= 4 is 28.0 Å². The Morgan fingerprint density at radius 2 is 1.61 bits per heavy atom. The minimum absolute atomic E-state index is 0.272. The molecule has 0 spiro atoms. The van der Waals surface area contributed by atoms with Crippen molar-refractivity contribution in [1.29, 1.82) is 0 Å². The zero-order chi connectivity index (χ0) is 20.9. The Labute approximate surface area is 161 Å². The van der Waals surface area contributed by atoms with Crippen LogP contribution in [0.5, 0.6) is 0 Å². The van der Waals surface area contributed by atoms with E-state index >= 15 is 0 Å². The van der Waals surface area contributed by atoms with Crippen molar-refractivity contribution in [3.63, 3.8) is 0 Å². The van der Waals surface area contributed by atoms with Crippen LogP contribution in [0, 0.1) is 0 Å². The van der Waals surface area contributed by atoms with E-state index < -0.39 is 59.2 Å². The number of hydrogen-bond donors (Lipinski definition) is 0. The monoisotopic (exact) mass is 416 g/mol. The second-order valence-electron chi connectivity index (χ2n) is 5.96. The highest BCUT2D eigenvalue weighted by molar-refractivity contribution is 7.86. The van der Waals surface area contributed by atoms with E-state index in [0.29, 0.717) is 0 Å². The highest BCUT2D eigenvalue weighted by Gasteiger charge is 2.51. The quantitative estimate of drug-likeness (QED) is 0.350. The molecule has 1 heterocycles. The van der Waals surface area contributed by atoms with Crippen LogP contribution >= 0.6 is 0 Å². The molecular weight excluding hydrogens is 396 g/mol. The molecule has 1 fully saturated rings. The number of rotatable bonds is 7. The molecule has 2 rings (SSSR count). The van der Waals surface area contributed by atoms with Crippen molar-refractivity contribution in [1.82, 2.24) is 0 Å². The molecule has 11 heteroatoms. The maximum Gasteiger partial charge on any atom is 0.338 e. The predicted molar refractivity (Wildman–Crippen MR) is 92.4 cm³/mol. The summed E-state index contributed by atoms with van der Waals surface area (Å²) in [6, 6.07) is 8.08. The van der Waals surface area contributed by atoms with E-state index in [4.69, 9.17) is 23.1 Å². The Bertz CT molecular complexity index is 820. The third-order valence-corrected chi connectivity index (χ3v) is 4.10. The number of ether oxygens (including phenoxy) is 4. The Hall–Kier alpha value is -2.50. The van der Waals surface area contributed by atoms with Gasteiger partial charge in [0.2, 0.25) is 6.29 Å². The normalized spacial score (nSPS) is 24.4. The molecule has 4 atom stereocenters. The minimum atomic E-state index is -4.00. The van der Waals surface area contributed by atoms with E-state index in [1.165, 1.54) is 12.1 Å².